The normalized spacial score (nSPS) is 19.1. The first-order chi connectivity index (χ1) is 17.7. The highest BCUT2D eigenvalue weighted by Crippen LogP contribution is 2.46. The minimum atomic E-state index is -4.77. The molecule has 12 heteroatoms. The Bertz CT molecular complexity index is 1210. The van der Waals surface area contributed by atoms with Gasteiger partial charge in [-0.25, -0.2) is 9.48 Å². The van der Waals surface area contributed by atoms with Crippen molar-refractivity contribution in [2.45, 2.75) is 44.4 Å². The topological polar surface area (TPSA) is 93.9 Å². The van der Waals surface area contributed by atoms with E-state index >= 15 is 0 Å². The van der Waals surface area contributed by atoms with Crippen LogP contribution < -0.4 is 14.2 Å². The Balaban J connectivity index is 1.51. The van der Waals surface area contributed by atoms with Gasteiger partial charge in [0.05, 0.1) is 25.9 Å². The molecule has 0 spiro atoms. The average molecular weight is 521 g/mol. The maximum absolute atomic E-state index is 12.5. The Hall–Kier alpha value is -3.80. The van der Waals surface area contributed by atoms with Gasteiger partial charge in [0.25, 0.3) is 0 Å². The summed E-state index contributed by atoms with van der Waals surface area (Å²) in [6.45, 7) is 2.13. The number of rotatable bonds is 10. The Morgan fingerprint density at radius 2 is 1.70 bits per heavy atom. The highest BCUT2D eigenvalue weighted by atomic mass is 19.4. The van der Waals surface area contributed by atoms with Crippen LogP contribution in [0.4, 0.5) is 13.2 Å². The summed E-state index contributed by atoms with van der Waals surface area (Å²) in [4.78, 5) is 12.5. The summed E-state index contributed by atoms with van der Waals surface area (Å²) >= 11 is 0. The molecular formula is C25H26F3N3O6. The highest BCUT2D eigenvalue weighted by molar-refractivity contribution is 5.89. The quantitative estimate of drug-likeness (QED) is 0.360. The lowest BCUT2D eigenvalue weighted by atomic mass is 9.72. The van der Waals surface area contributed by atoms with Crippen LogP contribution in [0.3, 0.4) is 0 Å². The van der Waals surface area contributed by atoms with Gasteiger partial charge in [-0.05, 0) is 42.3 Å². The van der Waals surface area contributed by atoms with E-state index in [9.17, 15) is 18.0 Å². The number of carbonyl (C=O) groups excluding carboxylic acids is 1. The van der Waals surface area contributed by atoms with Crippen LogP contribution in [0.25, 0.3) is 0 Å². The fourth-order valence-electron chi connectivity index (χ4n) is 4.15. The zero-order chi connectivity index (χ0) is 26.6. The van der Waals surface area contributed by atoms with Gasteiger partial charge in [-0.3, -0.25) is 0 Å². The molecule has 1 fully saturated rings. The second-order valence-corrected chi connectivity index (χ2v) is 8.39. The number of methoxy groups -OCH3 is 2. The van der Waals surface area contributed by atoms with Gasteiger partial charge in [-0.1, -0.05) is 29.5 Å². The number of hydrogen-bond acceptors (Lipinski definition) is 8. The molecule has 1 heterocycles. The molecule has 1 aliphatic carbocycles. The van der Waals surface area contributed by atoms with Crippen molar-refractivity contribution in [3.63, 3.8) is 0 Å². The molecule has 0 radical (unpaired) electrons. The zero-order valence-electron chi connectivity index (χ0n) is 20.4. The lowest BCUT2D eigenvalue weighted by Gasteiger charge is -2.46. The number of alkyl halides is 3. The number of nitrogens with zero attached hydrogens (tertiary/aromatic N) is 3. The smallest absolute Gasteiger partial charge is 0.497 e. The van der Waals surface area contributed by atoms with E-state index in [1.165, 1.54) is 36.1 Å². The summed E-state index contributed by atoms with van der Waals surface area (Å²) in [6.07, 6.45) is -4.36. The molecule has 37 heavy (non-hydrogen) atoms. The van der Waals surface area contributed by atoms with Crippen LogP contribution in [0.1, 0.15) is 41.4 Å². The van der Waals surface area contributed by atoms with Crippen molar-refractivity contribution in [2.75, 3.05) is 20.8 Å². The second kappa shape index (κ2) is 10.7. The Morgan fingerprint density at radius 3 is 2.27 bits per heavy atom. The van der Waals surface area contributed by atoms with Crippen LogP contribution in [-0.2, 0) is 21.6 Å². The van der Waals surface area contributed by atoms with Crippen molar-refractivity contribution in [1.82, 2.24) is 15.0 Å². The van der Waals surface area contributed by atoms with Crippen molar-refractivity contribution < 1.29 is 41.7 Å². The molecule has 0 saturated heterocycles. The Morgan fingerprint density at radius 1 is 1.05 bits per heavy atom. The van der Waals surface area contributed by atoms with E-state index in [0.717, 1.165) is 5.56 Å². The summed E-state index contributed by atoms with van der Waals surface area (Å²) in [7, 11) is 3.10. The third kappa shape index (κ3) is 5.96. The van der Waals surface area contributed by atoms with E-state index in [2.05, 4.69) is 15.0 Å². The van der Waals surface area contributed by atoms with Gasteiger partial charge in [0.1, 0.15) is 17.6 Å². The molecule has 1 aliphatic rings. The third-order valence-electron chi connectivity index (χ3n) is 6.05. The van der Waals surface area contributed by atoms with Crippen LogP contribution in [0, 0.1) is 0 Å². The summed E-state index contributed by atoms with van der Waals surface area (Å²) in [5, 5.41) is 8.08. The summed E-state index contributed by atoms with van der Waals surface area (Å²) in [5.41, 5.74) is 0.755. The molecule has 1 saturated carbocycles. The monoisotopic (exact) mass is 521 g/mol. The molecule has 4 rings (SSSR count). The second-order valence-electron chi connectivity index (χ2n) is 8.39. The summed E-state index contributed by atoms with van der Waals surface area (Å²) < 4.78 is 65.0. The van der Waals surface area contributed by atoms with Crippen LogP contribution in [0.15, 0.2) is 48.5 Å². The number of hydrogen-bond donors (Lipinski definition) is 0. The number of halogens is 3. The fourth-order valence-corrected chi connectivity index (χ4v) is 4.15. The first-order valence-corrected chi connectivity index (χ1v) is 11.5. The third-order valence-corrected chi connectivity index (χ3v) is 6.05. The lowest BCUT2D eigenvalue weighted by Crippen LogP contribution is -2.49. The van der Waals surface area contributed by atoms with Crippen molar-refractivity contribution in [3.05, 3.63) is 65.4 Å². The van der Waals surface area contributed by atoms with Crippen molar-refractivity contribution in [2.24, 2.45) is 0 Å². The standard InChI is InChI=1S/C25H26F3N3O6/c1-4-35-23(32)21-22(31(30-29-21)15-16-5-9-18(33-2)10-6-16)36-20-13-24(14-20,34-3)17-7-11-19(12-8-17)37-25(26,27)28/h5-12,20H,4,13-15H2,1-3H3. The molecule has 0 aliphatic heterocycles. The molecule has 0 amide bonds. The highest BCUT2D eigenvalue weighted by Gasteiger charge is 2.48. The predicted molar refractivity (Wildman–Crippen MR) is 124 cm³/mol. The SMILES string of the molecule is CCOC(=O)c1nnn(Cc2ccc(OC)cc2)c1OC1CC(OC)(c2ccc(OC(F)(F)F)cc2)C1. The number of esters is 1. The molecule has 0 bridgehead atoms. The van der Waals surface area contributed by atoms with Gasteiger partial charge < -0.3 is 23.7 Å². The number of benzene rings is 2. The largest absolute Gasteiger partial charge is 0.573 e. The maximum Gasteiger partial charge on any atom is 0.573 e. The average Bonchev–Trinajstić information content (AvgIpc) is 3.23. The molecule has 3 aromatic rings. The van der Waals surface area contributed by atoms with Crippen LogP contribution in [0.2, 0.25) is 0 Å². The van der Waals surface area contributed by atoms with Gasteiger partial charge >= 0.3 is 12.3 Å². The molecular weight excluding hydrogens is 495 g/mol. The first-order valence-electron chi connectivity index (χ1n) is 11.5. The van der Waals surface area contributed by atoms with Crippen LogP contribution in [-0.4, -0.2) is 54.3 Å². The fraction of sp³-hybridized carbons (Fsp3) is 0.400. The van der Waals surface area contributed by atoms with E-state index in [1.807, 2.05) is 24.3 Å². The molecule has 0 atom stereocenters. The van der Waals surface area contributed by atoms with E-state index in [1.54, 1.807) is 14.0 Å². The van der Waals surface area contributed by atoms with Gasteiger partial charge in [-0.15, -0.1) is 18.3 Å². The van der Waals surface area contributed by atoms with Crippen molar-refractivity contribution >= 4 is 5.97 Å². The van der Waals surface area contributed by atoms with Crippen LogP contribution >= 0.6 is 0 Å². The van der Waals surface area contributed by atoms with E-state index < -0.39 is 17.9 Å². The van der Waals surface area contributed by atoms with Gasteiger partial charge in [0.2, 0.25) is 11.6 Å². The predicted octanol–water partition coefficient (Wildman–Crippen LogP) is 4.49. The van der Waals surface area contributed by atoms with Gasteiger partial charge in [0, 0.05) is 20.0 Å². The van der Waals surface area contributed by atoms with E-state index in [4.69, 9.17) is 18.9 Å². The van der Waals surface area contributed by atoms with E-state index in [0.29, 0.717) is 24.2 Å². The Kier molecular flexibility index (Phi) is 7.58. The number of ether oxygens (including phenoxy) is 5. The summed E-state index contributed by atoms with van der Waals surface area (Å²) in [5.74, 6) is -0.106. The minimum Gasteiger partial charge on any atom is -0.497 e. The molecule has 0 N–H and O–H groups in total. The lowest BCUT2D eigenvalue weighted by molar-refractivity contribution is -0.274. The van der Waals surface area contributed by atoms with E-state index in [-0.39, 0.29) is 36.6 Å². The van der Waals surface area contributed by atoms with Crippen molar-refractivity contribution in [1.29, 1.82) is 0 Å². The molecule has 0 unspecified atom stereocenters. The number of aromatic nitrogens is 3. The minimum absolute atomic E-state index is 0.0427. The molecule has 198 valence electrons. The zero-order valence-corrected chi connectivity index (χ0v) is 20.4. The van der Waals surface area contributed by atoms with Crippen molar-refractivity contribution in [3.8, 4) is 17.4 Å². The number of carbonyl (C=O) groups is 1. The summed E-state index contributed by atoms with van der Waals surface area (Å²) in [6, 6.07) is 12.9. The maximum atomic E-state index is 12.5. The first kappa shape index (κ1) is 26.3. The molecule has 9 nitrogen and oxygen atoms in total. The van der Waals surface area contributed by atoms with Crippen LogP contribution in [0.5, 0.6) is 17.4 Å². The van der Waals surface area contributed by atoms with Gasteiger partial charge in [-0.2, -0.15) is 0 Å². The molecule has 2 aromatic carbocycles. The Labute approximate surface area is 211 Å². The van der Waals surface area contributed by atoms with Gasteiger partial charge in [0.15, 0.2) is 0 Å². The molecule has 1 aromatic heterocycles.